The molecule has 0 radical (unpaired) electrons. The Morgan fingerprint density at radius 1 is 0.677 bits per heavy atom. The third-order valence-electron chi connectivity index (χ3n) is 4.87. The van der Waals surface area contributed by atoms with Crippen molar-refractivity contribution in [1.29, 1.82) is 0 Å². The molecule has 1 aliphatic carbocycles. The minimum Gasteiger partial charge on any atom is -0.491 e. The lowest BCUT2D eigenvalue weighted by Crippen LogP contribution is -2.23. The van der Waals surface area contributed by atoms with E-state index in [0.717, 1.165) is 11.1 Å². The Labute approximate surface area is 188 Å². The van der Waals surface area contributed by atoms with Gasteiger partial charge in [0, 0.05) is 0 Å². The molecule has 31 heavy (non-hydrogen) atoms. The van der Waals surface area contributed by atoms with Crippen molar-refractivity contribution in [3.8, 4) is 11.5 Å². The molecule has 1 aliphatic rings. The SMILES string of the molecule is COC1=C(Br)C(=O)c2c(OCc3ccccc3)ccc(OCc3ccccc3)c2C1=O. The molecule has 0 heterocycles. The number of hydrogen-bond acceptors (Lipinski definition) is 5. The summed E-state index contributed by atoms with van der Waals surface area (Å²) in [7, 11) is 1.35. The summed E-state index contributed by atoms with van der Waals surface area (Å²) in [5.41, 5.74) is 2.20. The van der Waals surface area contributed by atoms with E-state index in [1.54, 1.807) is 12.1 Å². The molecule has 4 rings (SSSR count). The van der Waals surface area contributed by atoms with Crippen molar-refractivity contribution in [2.24, 2.45) is 0 Å². The van der Waals surface area contributed by atoms with Gasteiger partial charge < -0.3 is 14.2 Å². The number of rotatable bonds is 7. The smallest absolute Gasteiger partial charge is 0.233 e. The molecule has 0 saturated carbocycles. The Kier molecular flexibility index (Phi) is 6.18. The third-order valence-corrected chi connectivity index (χ3v) is 5.59. The first-order valence-electron chi connectivity index (χ1n) is 9.63. The average Bonchev–Trinajstić information content (AvgIpc) is 2.81. The highest BCUT2D eigenvalue weighted by atomic mass is 79.9. The molecule has 5 nitrogen and oxygen atoms in total. The summed E-state index contributed by atoms with van der Waals surface area (Å²) in [6.07, 6.45) is 0. The Morgan fingerprint density at radius 3 is 1.58 bits per heavy atom. The van der Waals surface area contributed by atoms with Crippen LogP contribution >= 0.6 is 15.9 Å². The molecule has 0 atom stereocenters. The van der Waals surface area contributed by atoms with E-state index >= 15 is 0 Å². The van der Waals surface area contributed by atoms with Gasteiger partial charge >= 0.3 is 0 Å². The minimum atomic E-state index is -0.433. The largest absolute Gasteiger partial charge is 0.491 e. The molecule has 0 amide bonds. The van der Waals surface area contributed by atoms with Crippen molar-refractivity contribution in [2.75, 3.05) is 7.11 Å². The van der Waals surface area contributed by atoms with Crippen LogP contribution in [-0.2, 0) is 18.0 Å². The normalized spacial score (nSPS) is 13.1. The maximum Gasteiger partial charge on any atom is 0.233 e. The number of ether oxygens (including phenoxy) is 3. The number of benzene rings is 3. The summed E-state index contributed by atoms with van der Waals surface area (Å²) < 4.78 is 17.1. The van der Waals surface area contributed by atoms with E-state index in [9.17, 15) is 9.59 Å². The molecule has 0 aromatic heterocycles. The number of hydrogen-bond donors (Lipinski definition) is 0. The number of carbonyl (C=O) groups excluding carboxylic acids is 2. The van der Waals surface area contributed by atoms with Crippen LogP contribution in [0, 0.1) is 0 Å². The fourth-order valence-corrected chi connectivity index (χ4v) is 3.88. The zero-order valence-electron chi connectivity index (χ0n) is 16.8. The highest BCUT2D eigenvalue weighted by Gasteiger charge is 2.37. The summed E-state index contributed by atoms with van der Waals surface area (Å²) >= 11 is 3.21. The van der Waals surface area contributed by atoms with E-state index in [1.807, 2.05) is 60.7 Å². The first-order valence-corrected chi connectivity index (χ1v) is 10.4. The number of ketones is 2. The van der Waals surface area contributed by atoms with Gasteiger partial charge in [0.15, 0.2) is 5.76 Å². The van der Waals surface area contributed by atoms with Gasteiger partial charge in [-0.25, -0.2) is 0 Å². The minimum absolute atomic E-state index is 0.0535. The third kappa shape index (κ3) is 4.25. The van der Waals surface area contributed by atoms with Crippen molar-refractivity contribution in [3.63, 3.8) is 0 Å². The molecule has 3 aromatic rings. The Balaban J connectivity index is 1.72. The van der Waals surface area contributed by atoms with Gasteiger partial charge in [0.2, 0.25) is 11.6 Å². The lowest BCUT2D eigenvalue weighted by atomic mass is 9.91. The molecule has 0 fully saturated rings. The highest BCUT2D eigenvalue weighted by molar-refractivity contribution is 9.12. The van der Waals surface area contributed by atoms with E-state index in [0.29, 0.717) is 11.5 Å². The van der Waals surface area contributed by atoms with Crippen molar-refractivity contribution < 1.29 is 23.8 Å². The molecule has 0 spiro atoms. The van der Waals surface area contributed by atoms with Gasteiger partial charge in [-0.2, -0.15) is 0 Å². The fourth-order valence-electron chi connectivity index (χ4n) is 3.33. The van der Waals surface area contributed by atoms with Crippen LogP contribution in [0.5, 0.6) is 11.5 Å². The fraction of sp³-hybridized carbons (Fsp3) is 0.120. The highest BCUT2D eigenvalue weighted by Crippen LogP contribution is 2.40. The Bertz CT molecular complexity index is 1150. The number of methoxy groups -OCH3 is 1. The summed E-state index contributed by atoms with van der Waals surface area (Å²) in [5, 5.41) is 0. The molecule has 6 heteroatoms. The second kappa shape index (κ2) is 9.18. The van der Waals surface area contributed by atoms with Crippen LogP contribution in [0.25, 0.3) is 0 Å². The van der Waals surface area contributed by atoms with Gasteiger partial charge in [-0.3, -0.25) is 9.59 Å². The maximum atomic E-state index is 13.2. The van der Waals surface area contributed by atoms with Crippen molar-refractivity contribution in [3.05, 3.63) is 105 Å². The number of Topliss-reactive ketones (excluding diaryl/α,β-unsaturated/α-hetero) is 2. The van der Waals surface area contributed by atoms with Gasteiger partial charge in [0.1, 0.15) is 29.2 Å². The zero-order chi connectivity index (χ0) is 21.8. The Hall–Kier alpha value is -3.38. The predicted molar refractivity (Wildman–Crippen MR) is 120 cm³/mol. The molecule has 0 unspecified atom stereocenters. The average molecular weight is 479 g/mol. The molecular formula is C25H19BrO5. The van der Waals surface area contributed by atoms with Crippen LogP contribution in [0.2, 0.25) is 0 Å². The maximum absolute atomic E-state index is 13.2. The lowest BCUT2D eigenvalue weighted by Gasteiger charge is -2.22. The summed E-state index contributed by atoms with van der Waals surface area (Å²) in [5.74, 6) is -0.255. The monoisotopic (exact) mass is 478 g/mol. The molecule has 3 aromatic carbocycles. The molecular weight excluding hydrogens is 460 g/mol. The van der Waals surface area contributed by atoms with E-state index in [2.05, 4.69) is 15.9 Å². The number of carbonyl (C=O) groups is 2. The predicted octanol–water partition coefficient (Wildman–Crippen LogP) is 5.48. The van der Waals surface area contributed by atoms with Gasteiger partial charge in [0.05, 0.1) is 18.2 Å². The molecule has 156 valence electrons. The standard InChI is InChI=1S/C25H19BrO5/c1-29-25-22(26)23(27)20-18(30-14-16-8-4-2-5-9-16)12-13-19(21(20)24(25)28)31-15-17-10-6-3-7-11-17/h2-13H,14-15H2,1H3. The summed E-state index contributed by atoms with van der Waals surface area (Å²) in [4.78, 5) is 26.3. The van der Waals surface area contributed by atoms with Crippen LogP contribution in [0.4, 0.5) is 0 Å². The summed E-state index contributed by atoms with van der Waals surface area (Å²) in [6, 6.07) is 22.5. The van der Waals surface area contributed by atoms with Crippen LogP contribution in [-0.4, -0.2) is 18.7 Å². The van der Waals surface area contributed by atoms with E-state index in [4.69, 9.17) is 14.2 Å². The van der Waals surface area contributed by atoms with Gasteiger partial charge in [-0.05, 0) is 39.2 Å². The number of allylic oxidation sites excluding steroid dienone is 2. The van der Waals surface area contributed by atoms with Gasteiger partial charge in [-0.1, -0.05) is 60.7 Å². The molecule has 0 aliphatic heterocycles. The quantitative estimate of drug-likeness (QED) is 0.450. The van der Waals surface area contributed by atoms with Crippen molar-refractivity contribution in [1.82, 2.24) is 0 Å². The van der Waals surface area contributed by atoms with Crippen LogP contribution in [0.15, 0.2) is 83.0 Å². The van der Waals surface area contributed by atoms with E-state index in [1.165, 1.54) is 7.11 Å². The summed E-state index contributed by atoms with van der Waals surface area (Å²) in [6.45, 7) is 0.517. The Morgan fingerprint density at radius 2 is 1.13 bits per heavy atom. The van der Waals surface area contributed by atoms with Crippen LogP contribution < -0.4 is 9.47 Å². The lowest BCUT2D eigenvalue weighted by molar-refractivity contribution is 0.0906. The zero-order valence-corrected chi connectivity index (χ0v) is 18.3. The van der Waals surface area contributed by atoms with Crippen molar-refractivity contribution >= 4 is 27.5 Å². The first-order chi connectivity index (χ1) is 15.1. The second-order valence-electron chi connectivity index (χ2n) is 6.87. The molecule has 0 N–H and O–H groups in total. The number of fused-ring (bicyclic) bond motifs is 1. The molecule has 0 saturated heterocycles. The van der Waals surface area contributed by atoms with Gasteiger partial charge in [-0.15, -0.1) is 0 Å². The van der Waals surface area contributed by atoms with Crippen molar-refractivity contribution in [2.45, 2.75) is 13.2 Å². The van der Waals surface area contributed by atoms with Crippen LogP contribution in [0.3, 0.4) is 0 Å². The first kappa shape index (κ1) is 20.9. The number of halogens is 1. The van der Waals surface area contributed by atoms with E-state index in [-0.39, 0.29) is 40.4 Å². The van der Waals surface area contributed by atoms with Crippen LogP contribution in [0.1, 0.15) is 31.8 Å². The second-order valence-corrected chi connectivity index (χ2v) is 7.66. The molecule has 0 bridgehead atoms. The topological polar surface area (TPSA) is 61.8 Å². The van der Waals surface area contributed by atoms with E-state index < -0.39 is 5.78 Å². The van der Waals surface area contributed by atoms with Gasteiger partial charge in [0.25, 0.3) is 0 Å².